The molecular formula is C29H34N4O4. The van der Waals surface area contributed by atoms with Gasteiger partial charge in [0.15, 0.2) is 11.5 Å². The highest BCUT2D eigenvalue weighted by atomic mass is 16.5. The van der Waals surface area contributed by atoms with Crippen molar-refractivity contribution in [2.24, 2.45) is 0 Å². The summed E-state index contributed by atoms with van der Waals surface area (Å²) in [4.78, 5) is 37.5. The van der Waals surface area contributed by atoms with E-state index in [1.165, 1.54) is 25.0 Å². The van der Waals surface area contributed by atoms with Gasteiger partial charge in [-0.25, -0.2) is 4.98 Å². The summed E-state index contributed by atoms with van der Waals surface area (Å²) in [7, 11) is 3.18. The molecule has 4 rings (SSSR count). The largest absolute Gasteiger partial charge is 0.493 e. The molecule has 194 valence electrons. The van der Waals surface area contributed by atoms with Crippen LogP contribution < -0.4 is 14.8 Å². The zero-order valence-corrected chi connectivity index (χ0v) is 21.4. The predicted octanol–water partition coefficient (Wildman–Crippen LogP) is 4.37. The van der Waals surface area contributed by atoms with E-state index in [1.54, 1.807) is 19.1 Å². The molecule has 1 N–H and O–H groups in total. The van der Waals surface area contributed by atoms with Crippen LogP contribution in [-0.4, -0.2) is 53.5 Å². The van der Waals surface area contributed by atoms with Crippen molar-refractivity contribution >= 4 is 11.8 Å². The van der Waals surface area contributed by atoms with Crippen molar-refractivity contribution in [3.05, 3.63) is 83.9 Å². The van der Waals surface area contributed by atoms with Crippen molar-refractivity contribution < 1.29 is 19.1 Å². The number of nitrogens with zero attached hydrogens (tertiary/aromatic N) is 3. The minimum atomic E-state index is -0.808. The molecule has 0 radical (unpaired) electrons. The molecular weight excluding hydrogens is 468 g/mol. The number of carbonyl (C=O) groups excluding carboxylic acids is 2. The van der Waals surface area contributed by atoms with Crippen LogP contribution in [0.5, 0.6) is 11.5 Å². The Morgan fingerprint density at radius 2 is 1.76 bits per heavy atom. The van der Waals surface area contributed by atoms with E-state index in [0.29, 0.717) is 24.5 Å². The Kier molecular flexibility index (Phi) is 9.08. The van der Waals surface area contributed by atoms with Crippen LogP contribution >= 0.6 is 0 Å². The second kappa shape index (κ2) is 12.9. The van der Waals surface area contributed by atoms with Crippen LogP contribution in [0.4, 0.5) is 0 Å². The fourth-order valence-corrected chi connectivity index (χ4v) is 4.83. The molecule has 1 aromatic heterocycles. The topological polar surface area (TPSA) is 93.7 Å². The molecule has 3 aromatic rings. The van der Waals surface area contributed by atoms with Gasteiger partial charge in [0.25, 0.3) is 5.91 Å². The fraction of sp³-hybridized carbons (Fsp3) is 0.379. The first-order valence-electron chi connectivity index (χ1n) is 12.7. The van der Waals surface area contributed by atoms with E-state index in [2.05, 4.69) is 15.3 Å². The van der Waals surface area contributed by atoms with Crippen LogP contribution in [0.1, 0.15) is 59.8 Å². The van der Waals surface area contributed by atoms with Gasteiger partial charge in [-0.2, -0.15) is 0 Å². The van der Waals surface area contributed by atoms with Crippen LogP contribution in [0.2, 0.25) is 0 Å². The third-order valence-corrected chi connectivity index (χ3v) is 6.76. The predicted molar refractivity (Wildman–Crippen MR) is 141 cm³/mol. The molecule has 1 fully saturated rings. The van der Waals surface area contributed by atoms with Gasteiger partial charge >= 0.3 is 0 Å². The Morgan fingerprint density at radius 3 is 2.43 bits per heavy atom. The molecule has 1 heterocycles. The van der Waals surface area contributed by atoms with Gasteiger partial charge in [-0.05, 0) is 42.5 Å². The highest BCUT2D eigenvalue weighted by Gasteiger charge is 2.33. The molecule has 2 amide bonds. The number of methoxy groups -OCH3 is 2. The molecule has 1 aliphatic carbocycles. The first-order valence-corrected chi connectivity index (χ1v) is 12.7. The molecule has 37 heavy (non-hydrogen) atoms. The zero-order valence-electron chi connectivity index (χ0n) is 21.4. The van der Waals surface area contributed by atoms with Crippen LogP contribution in [0.15, 0.2) is 67.1 Å². The molecule has 0 aliphatic heterocycles. The lowest BCUT2D eigenvalue weighted by Gasteiger charge is -2.33. The van der Waals surface area contributed by atoms with Crippen LogP contribution in [-0.2, 0) is 11.2 Å². The number of ether oxygens (including phenoxy) is 2. The number of aromatic nitrogens is 2. The van der Waals surface area contributed by atoms with Gasteiger partial charge in [-0.1, -0.05) is 55.7 Å². The molecule has 1 aliphatic rings. The zero-order chi connectivity index (χ0) is 26.0. The maximum atomic E-state index is 13.8. The summed E-state index contributed by atoms with van der Waals surface area (Å²) in [6.07, 6.45) is 10.3. The molecule has 0 spiro atoms. The summed E-state index contributed by atoms with van der Waals surface area (Å²) < 4.78 is 10.8. The highest BCUT2D eigenvalue weighted by molar-refractivity contribution is 5.96. The smallest absolute Gasteiger partial charge is 0.275 e. The molecule has 2 aromatic carbocycles. The lowest BCUT2D eigenvalue weighted by Crippen LogP contribution is -2.47. The fourth-order valence-electron chi connectivity index (χ4n) is 4.83. The summed E-state index contributed by atoms with van der Waals surface area (Å²) in [6.45, 7) is 0.294. The third-order valence-electron chi connectivity index (χ3n) is 6.76. The molecule has 1 atom stereocenters. The average molecular weight is 503 g/mol. The Bertz CT molecular complexity index is 1170. The lowest BCUT2D eigenvalue weighted by molar-refractivity contribution is -0.126. The van der Waals surface area contributed by atoms with Crippen LogP contribution in [0.3, 0.4) is 0 Å². The van der Waals surface area contributed by atoms with Crippen molar-refractivity contribution in [3.63, 3.8) is 0 Å². The molecule has 8 heteroatoms. The van der Waals surface area contributed by atoms with Crippen molar-refractivity contribution in [1.82, 2.24) is 20.2 Å². The number of hydrogen-bond acceptors (Lipinski definition) is 6. The second-order valence-corrected chi connectivity index (χ2v) is 9.19. The monoisotopic (exact) mass is 502 g/mol. The van der Waals surface area contributed by atoms with Gasteiger partial charge in [0, 0.05) is 25.0 Å². The number of hydrogen-bond donors (Lipinski definition) is 1. The average Bonchev–Trinajstić information content (AvgIpc) is 2.96. The summed E-state index contributed by atoms with van der Waals surface area (Å²) in [5.41, 5.74) is 1.90. The summed E-state index contributed by atoms with van der Waals surface area (Å²) in [5.74, 6) is 0.720. The number of nitrogens with one attached hydrogen (secondary N) is 1. The van der Waals surface area contributed by atoms with Crippen molar-refractivity contribution in [3.8, 4) is 11.5 Å². The lowest BCUT2D eigenvalue weighted by atomic mass is 9.94. The van der Waals surface area contributed by atoms with Gasteiger partial charge < -0.3 is 19.7 Å². The van der Waals surface area contributed by atoms with Gasteiger partial charge in [-0.15, -0.1) is 0 Å². The van der Waals surface area contributed by atoms with Gasteiger partial charge in [-0.3, -0.25) is 14.6 Å². The Labute approximate surface area is 218 Å². The minimum Gasteiger partial charge on any atom is -0.493 e. The molecule has 1 saturated carbocycles. The van der Waals surface area contributed by atoms with E-state index in [1.807, 2.05) is 48.5 Å². The molecule has 0 unspecified atom stereocenters. The van der Waals surface area contributed by atoms with Crippen LogP contribution in [0, 0.1) is 0 Å². The van der Waals surface area contributed by atoms with E-state index < -0.39 is 6.04 Å². The Balaban J connectivity index is 1.67. The Hall–Kier alpha value is -3.94. The number of amides is 2. The number of carbonyl (C=O) groups is 2. The summed E-state index contributed by atoms with van der Waals surface area (Å²) >= 11 is 0. The molecule has 0 bridgehead atoms. The summed E-state index contributed by atoms with van der Waals surface area (Å²) in [6, 6.07) is 14.4. The van der Waals surface area contributed by atoms with Crippen molar-refractivity contribution in [1.29, 1.82) is 0 Å². The van der Waals surface area contributed by atoms with Gasteiger partial charge in [0.05, 0.1) is 20.4 Å². The van der Waals surface area contributed by atoms with Crippen molar-refractivity contribution in [2.75, 3.05) is 20.8 Å². The van der Waals surface area contributed by atoms with E-state index in [4.69, 9.17) is 9.47 Å². The molecule has 8 nitrogen and oxygen atoms in total. The number of rotatable bonds is 10. The van der Waals surface area contributed by atoms with Crippen LogP contribution in [0.25, 0.3) is 0 Å². The maximum Gasteiger partial charge on any atom is 0.275 e. The van der Waals surface area contributed by atoms with E-state index in [0.717, 1.165) is 36.8 Å². The quantitative estimate of drug-likeness (QED) is 0.443. The van der Waals surface area contributed by atoms with Gasteiger partial charge in [0.2, 0.25) is 5.91 Å². The first-order chi connectivity index (χ1) is 18.1. The third kappa shape index (κ3) is 6.64. The second-order valence-electron chi connectivity index (χ2n) is 9.19. The van der Waals surface area contributed by atoms with E-state index >= 15 is 0 Å². The highest BCUT2D eigenvalue weighted by Crippen LogP contribution is 2.29. The summed E-state index contributed by atoms with van der Waals surface area (Å²) in [5, 5.41) is 3.23. The number of benzene rings is 2. The maximum absolute atomic E-state index is 13.8. The minimum absolute atomic E-state index is 0.117. The normalized spacial score (nSPS) is 14.4. The van der Waals surface area contributed by atoms with E-state index in [9.17, 15) is 9.59 Å². The SMILES string of the molecule is COc1ccc(CCN(C(=O)c2cnccn2)[C@H](C(=O)NC2CCCCC2)c2ccccc2)cc1OC. The standard InChI is InChI=1S/C29H34N4O4/c1-36-25-14-13-21(19-26(25)37-2)15-18-33(29(35)24-20-30-16-17-31-24)27(22-9-5-3-6-10-22)28(34)32-23-11-7-4-8-12-23/h3,5-6,9-10,13-14,16-17,19-20,23,27H,4,7-8,11-12,15,18H2,1-2H3,(H,32,34)/t27-/m0/s1. The van der Waals surface area contributed by atoms with E-state index in [-0.39, 0.29) is 23.6 Å². The van der Waals surface area contributed by atoms with Crippen molar-refractivity contribution in [2.45, 2.75) is 50.6 Å². The Morgan fingerprint density at radius 1 is 1.00 bits per heavy atom. The van der Waals surface area contributed by atoms with Gasteiger partial charge in [0.1, 0.15) is 11.7 Å². The first kappa shape index (κ1) is 26.1. The molecule has 0 saturated heterocycles.